The Labute approximate surface area is 169 Å². The normalized spacial score (nSPS) is 18.9. The summed E-state index contributed by atoms with van der Waals surface area (Å²) in [7, 11) is 0. The molecular weight excluding hydrogens is 370 g/mol. The number of hydrogen-bond acceptors (Lipinski definition) is 5. The number of nitrogens with one attached hydrogen (secondary N) is 1. The Morgan fingerprint density at radius 3 is 2.41 bits per heavy atom. The van der Waals surface area contributed by atoms with E-state index < -0.39 is 18.0 Å². The molecule has 1 saturated heterocycles. The molecule has 1 fully saturated rings. The zero-order valence-corrected chi connectivity index (χ0v) is 16.3. The van der Waals surface area contributed by atoms with Crippen molar-refractivity contribution in [2.24, 2.45) is 11.7 Å². The van der Waals surface area contributed by atoms with E-state index in [0.717, 1.165) is 11.3 Å². The summed E-state index contributed by atoms with van der Waals surface area (Å²) in [6.07, 6.45) is -0.398. The van der Waals surface area contributed by atoms with Crippen LogP contribution < -0.4 is 11.1 Å². The minimum Gasteiger partial charge on any atom is -0.457 e. The fraction of sp³-hybridized carbons (Fsp3) is 0.318. The number of aryl methyl sites for hydroxylation is 1. The molecule has 1 heterocycles. The van der Waals surface area contributed by atoms with Gasteiger partial charge >= 0.3 is 5.97 Å². The molecular formula is C22H25N3O4. The number of nitrogens with zero attached hydrogens (tertiary/aromatic N) is 1. The molecule has 1 aliphatic heterocycles. The molecule has 1 aliphatic rings. The maximum atomic E-state index is 12.4. The number of rotatable bonds is 7. The van der Waals surface area contributed by atoms with Crippen LogP contribution in [-0.2, 0) is 14.3 Å². The van der Waals surface area contributed by atoms with Crippen LogP contribution in [0.25, 0.3) is 0 Å². The number of primary amides is 1. The van der Waals surface area contributed by atoms with E-state index in [9.17, 15) is 14.4 Å². The fourth-order valence-corrected chi connectivity index (χ4v) is 3.46. The molecule has 0 aromatic heterocycles. The smallest absolute Gasteiger partial charge is 0.338 e. The maximum absolute atomic E-state index is 12.4. The van der Waals surface area contributed by atoms with Crippen molar-refractivity contribution >= 4 is 23.5 Å². The molecule has 2 atom stereocenters. The highest BCUT2D eigenvalue weighted by molar-refractivity contribution is 5.92. The molecule has 0 radical (unpaired) electrons. The van der Waals surface area contributed by atoms with Gasteiger partial charge in [-0.25, -0.2) is 4.79 Å². The molecule has 7 nitrogen and oxygen atoms in total. The molecule has 2 amide bonds. The number of esters is 1. The Kier molecular flexibility index (Phi) is 6.61. The molecule has 0 bridgehead atoms. The number of carbonyl (C=O) groups is 3. The van der Waals surface area contributed by atoms with Crippen molar-refractivity contribution < 1.29 is 19.1 Å². The van der Waals surface area contributed by atoms with Gasteiger partial charge < -0.3 is 15.8 Å². The van der Waals surface area contributed by atoms with Crippen LogP contribution in [0.5, 0.6) is 0 Å². The second-order valence-electron chi connectivity index (χ2n) is 7.35. The first-order chi connectivity index (χ1) is 13.9. The molecule has 152 valence electrons. The van der Waals surface area contributed by atoms with Gasteiger partial charge in [-0.2, -0.15) is 0 Å². The summed E-state index contributed by atoms with van der Waals surface area (Å²) in [5, 5.41) is 2.85. The second-order valence-corrected chi connectivity index (χ2v) is 7.35. The van der Waals surface area contributed by atoms with E-state index in [1.807, 2.05) is 42.2 Å². The topological polar surface area (TPSA) is 102 Å². The van der Waals surface area contributed by atoms with Crippen molar-refractivity contribution in [3.63, 3.8) is 0 Å². The van der Waals surface area contributed by atoms with E-state index in [4.69, 9.17) is 10.5 Å². The molecule has 2 aromatic rings. The Hall–Kier alpha value is -3.19. The quantitative estimate of drug-likeness (QED) is 0.698. The molecule has 3 rings (SSSR count). The SMILES string of the molecule is Cc1ccc(NC(=O)CN2C[C@H](CC(N)=O)[C@H](OC(=O)c3ccccc3)C2)cc1. The van der Waals surface area contributed by atoms with Gasteiger partial charge in [-0.05, 0) is 31.2 Å². The summed E-state index contributed by atoms with van der Waals surface area (Å²) in [6.45, 7) is 2.95. The van der Waals surface area contributed by atoms with Gasteiger partial charge in [0.1, 0.15) is 6.10 Å². The van der Waals surface area contributed by atoms with Gasteiger partial charge in [0, 0.05) is 31.1 Å². The molecule has 0 saturated carbocycles. The number of amides is 2. The number of nitrogens with two attached hydrogens (primary N) is 1. The van der Waals surface area contributed by atoms with Crippen LogP contribution in [-0.4, -0.2) is 48.4 Å². The van der Waals surface area contributed by atoms with Crippen molar-refractivity contribution in [3.05, 3.63) is 65.7 Å². The molecule has 29 heavy (non-hydrogen) atoms. The minimum atomic E-state index is -0.498. The first-order valence-electron chi connectivity index (χ1n) is 9.54. The number of benzene rings is 2. The predicted octanol–water partition coefficient (Wildman–Crippen LogP) is 1.97. The maximum Gasteiger partial charge on any atom is 0.338 e. The zero-order chi connectivity index (χ0) is 20.8. The molecule has 0 unspecified atom stereocenters. The number of likely N-dealkylation sites (tertiary alicyclic amines) is 1. The minimum absolute atomic E-state index is 0.100. The monoisotopic (exact) mass is 395 g/mol. The Bertz CT molecular complexity index is 867. The lowest BCUT2D eigenvalue weighted by molar-refractivity contribution is -0.119. The van der Waals surface area contributed by atoms with Crippen molar-refractivity contribution in [2.45, 2.75) is 19.4 Å². The van der Waals surface area contributed by atoms with Gasteiger partial charge in [0.25, 0.3) is 0 Å². The Balaban J connectivity index is 1.60. The molecule has 3 N–H and O–H groups in total. The molecule has 2 aromatic carbocycles. The highest BCUT2D eigenvalue weighted by Gasteiger charge is 2.37. The highest BCUT2D eigenvalue weighted by atomic mass is 16.5. The lowest BCUT2D eigenvalue weighted by Gasteiger charge is -2.18. The Morgan fingerprint density at radius 2 is 1.76 bits per heavy atom. The van der Waals surface area contributed by atoms with Gasteiger partial charge in [-0.1, -0.05) is 35.9 Å². The number of hydrogen-bond donors (Lipinski definition) is 2. The van der Waals surface area contributed by atoms with Gasteiger partial charge in [0.2, 0.25) is 11.8 Å². The summed E-state index contributed by atoms with van der Waals surface area (Å²) in [4.78, 5) is 38.1. The summed E-state index contributed by atoms with van der Waals surface area (Å²) in [5.41, 5.74) is 7.64. The van der Waals surface area contributed by atoms with Crippen LogP contribution in [0, 0.1) is 12.8 Å². The lowest BCUT2D eigenvalue weighted by atomic mass is 10.0. The van der Waals surface area contributed by atoms with Crippen LogP contribution in [0.3, 0.4) is 0 Å². The number of ether oxygens (including phenoxy) is 1. The van der Waals surface area contributed by atoms with Gasteiger partial charge in [0.15, 0.2) is 0 Å². The van der Waals surface area contributed by atoms with E-state index in [0.29, 0.717) is 18.7 Å². The van der Waals surface area contributed by atoms with Crippen LogP contribution >= 0.6 is 0 Å². The molecule has 0 spiro atoms. The summed E-state index contributed by atoms with van der Waals surface area (Å²) in [6, 6.07) is 16.2. The summed E-state index contributed by atoms with van der Waals surface area (Å²) >= 11 is 0. The predicted molar refractivity (Wildman–Crippen MR) is 109 cm³/mol. The first kappa shape index (κ1) is 20.5. The van der Waals surface area contributed by atoms with Crippen LogP contribution in [0.15, 0.2) is 54.6 Å². The zero-order valence-electron chi connectivity index (χ0n) is 16.3. The van der Waals surface area contributed by atoms with E-state index >= 15 is 0 Å². The van der Waals surface area contributed by atoms with E-state index in [-0.39, 0.29) is 24.8 Å². The third kappa shape index (κ3) is 5.89. The Morgan fingerprint density at radius 1 is 1.07 bits per heavy atom. The van der Waals surface area contributed by atoms with E-state index in [2.05, 4.69) is 5.32 Å². The van der Waals surface area contributed by atoms with Crippen LogP contribution in [0.1, 0.15) is 22.3 Å². The van der Waals surface area contributed by atoms with Crippen molar-refractivity contribution in [3.8, 4) is 0 Å². The second kappa shape index (κ2) is 9.34. The fourth-order valence-electron chi connectivity index (χ4n) is 3.46. The summed E-state index contributed by atoms with van der Waals surface area (Å²) in [5.74, 6) is -1.31. The third-order valence-electron chi connectivity index (χ3n) is 4.89. The standard InChI is InChI=1S/C22H25N3O4/c1-15-7-9-18(10-8-15)24-21(27)14-25-12-17(11-20(23)26)19(13-25)29-22(28)16-5-3-2-4-6-16/h2-10,17,19H,11-14H2,1H3,(H2,23,26)(H,24,27)/t17-,19+/m0/s1. The average molecular weight is 395 g/mol. The average Bonchev–Trinajstić information content (AvgIpc) is 3.04. The lowest BCUT2D eigenvalue weighted by Crippen LogP contribution is -2.33. The largest absolute Gasteiger partial charge is 0.457 e. The van der Waals surface area contributed by atoms with E-state index in [1.165, 1.54) is 0 Å². The van der Waals surface area contributed by atoms with Gasteiger partial charge in [-0.15, -0.1) is 0 Å². The number of anilines is 1. The number of carbonyl (C=O) groups excluding carboxylic acids is 3. The van der Waals surface area contributed by atoms with Crippen molar-refractivity contribution in [1.82, 2.24) is 4.90 Å². The van der Waals surface area contributed by atoms with Crippen LogP contribution in [0.4, 0.5) is 5.69 Å². The van der Waals surface area contributed by atoms with Crippen molar-refractivity contribution in [2.75, 3.05) is 25.0 Å². The third-order valence-corrected chi connectivity index (χ3v) is 4.89. The molecule has 0 aliphatic carbocycles. The van der Waals surface area contributed by atoms with Crippen molar-refractivity contribution in [1.29, 1.82) is 0 Å². The summed E-state index contributed by atoms with van der Waals surface area (Å²) < 4.78 is 5.63. The van der Waals surface area contributed by atoms with E-state index in [1.54, 1.807) is 24.3 Å². The van der Waals surface area contributed by atoms with Crippen LogP contribution in [0.2, 0.25) is 0 Å². The first-order valence-corrected chi connectivity index (χ1v) is 9.54. The van der Waals surface area contributed by atoms with Gasteiger partial charge in [0.05, 0.1) is 12.1 Å². The molecule has 7 heteroatoms. The highest BCUT2D eigenvalue weighted by Crippen LogP contribution is 2.24. The van der Waals surface area contributed by atoms with Gasteiger partial charge in [-0.3, -0.25) is 14.5 Å².